The molecule has 3 aromatic rings. The molecule has 0 aliphatic heterocycles. The van der Waals surface area contributed by atoms with Crippen LogP contribution in [0.1, 0.15) is 19.4 Å². The Morgan fingerprint density at radius 3 is 2.71 bits per heavy atom. The van der Waals surface area contributed by atoms with Gasteiger partial charge >= 0.3 is 0 Å². The van der Waals surface area contributed by atoms with Crippen LogP contribution < -0.4 is 20.7 Å². The second kappa shape index (κ2) is 8.41. The van der Waals surface area contributed by atoms with Crippen LogP contribution in [0.3, 0.4) is 0 Å². The smallest absolute Gasteiger partial charge is 0.208 e. The van der Waals surface area contributed by atoms with Crippen LogP contribution in [0.15, 0.2) is 34.8 Å². The first-order valence-electron chi connectivity index (χ1n) is 9.40. The maximum absolute atomic E-state index is 5.86. The molecule has 0 bridgehead atoms. The Morgan fingerprint density at radius 2 is 2.07 bits per heavy atom. The van der Waals surface area contributed by atoms with Gasteiger partial charge in [-0.25, -0.2) is 4.98 Å². The molecule has 1 aromatic heterocycles. The summed E-state index contributed by atoms with van der Waals surface area (Å²) in [6.07, 6.45) is 0. The molecular weight excluding hydrogens is 418 g/mol. The standard InChI is InChI=1S/C21H28BrN5O/c1-13(2)27(10-9-23)17-8-6-7-16-20(17)26(4)21(24-16)25-19-14(3)11-15(22)12-18(19)28-5/h6-8,11-13H,9-10,23H2,1-5H3,(H,24,25). The second-order valence-corrected chi connectivity index (χ2v) is 8.06. The van der Waals surface area contributed by atoms with Crippen LogP contribution in [-0.2, 0) is 7.05 Å². The van der Waals surface area contributed by atoms with E-state index in [4.69, 9.17) is 15.5 Å². The monoisotopic (exact) mass is 445 g/mol. The number of nitrogens with zero attached hydrogens (tertiary/aromatic N) is 3. The number of hydrogen-bond acceptors (Lipinski definition) is 5. The minimum atomic E-state index is 0.342. The first kappa shape index (κ1) is 20.5. The summed E-state index contributed by atoms with van der Waals surface area (Å²) in [5.74, 6) is 1.54. The molecular formula is C21H28BrN5O. The molecule has 0 aliphatic carbocycles. The predicted octanol–water partition coefficient (Wildman–Crippen LogP) is 4.57. The van der Waals surface area contributed by atoms with Crippen molar-refractivity contribution in [2.75, 3.05) is 30.4 Å². The van der Waals surface area contributed by atoms with Crippen molar-refractivity contribution in [3.63, 3.8) is 0 Å². The molecule has 0 radical (unpaired) electrons. The van der Waals surface area contributed by atoms with E-state index in [2.05, 4.69) is 56.7 Å². The molecule has 0 unspecified atom stereocenters. The third-order valence-electron chi connectivity index (χ3n) is 4.90. The lowest BCUT2D eigenvalue weighted by atomic mass is 10.2. The fraction of sp³-hybridized carbons (Fsp3) is 0.381. The largest absolute Gasteiger partial charge is 0.495 e. The highest BCUT2D eigenvalue weighted by Crippen LogP contribution is 2.36. The molecule has 0 saturated heterocycles. The van der Waals surface area contributed by atoms with Crippen LogP contribution in [0.25, 0.3) is 11.0 Å². The highest BCUT2D eigenvalue weighted by Gasteiger charge is 2.19. The molecule has 0 amide bonds. The highest BCUT2D eigenvalue weighted by atomic mass is 79.9. The predicted molar refractivity (Wildman–Crippen MR) is 121 cm³/mol. The zero-order valence-corrected chi connectivity index (χ0v) is 18.7. The van der Waals surface area contributed by atoms with Crippen molar-refractivity contribution in [3.8, 4) is 5.75 Å². The number of halogens is 1. The number of rotatable bonds is 7. The SMILES string of the molecule is COc1cc(Br)cc(C)c1Nc1nc2cccc(N(CCN)C(C)C)c2n1C. The van der Waals surface area contributed by atoms with Crippen molar-refractivity contribution in [3.05, 3.63) is 40.4 Å². The van der Waals surface area contributed by atoms with Crippen molar-refractivity contribution in [2.24, 2.45) is 12.8 Å². The molecule has 3 N–H and O–H groups in total. The van der Waals surface area contributed by atoms with Crippen LogP contribution in [-0.4, -0.2) is 35.8 Å². The van der Waals surface area contributed by atoms with Crippen molar-refractivity contribution in [2.45, 2.75) is 26.8 Å². The molecule has 0 saturated carbocycles. The van der Waals surface area contributed by atoms with E-state index in [-0.39, 0.29) is 0 Å². The number of benzene rings is 2. The van der Waals surface area contributed by atoms with Gasteiger partial charge in [0.2, 0.25) is 5.95 Å². The number of imidazole rings is 1. The number of para-hydroxylation sites is 1. The third kappa shape index (κ3) is 3.82. The van der Waals surface area contributed by atoms with Gasteiger partial charge < -0.3 is 25.3 Å². The van der Waals surface area contributed by atoms with Gasteiger partial charge in [-0.2, -0.15) is 0 Å². The number of aryl methyl sites for hydroxylation is 2. The topological polar surface area (TPSA) is 68.3 Å². The van der Waals surface area contributed by atoms with E-state index in [1.807, 2.05) is 32.2 Å². The summed E-state index contributed by atoms with van der Waals surface area (Å²) < 4.78 is 8.64. The van der Waals surface area contributed by atoms with Gasteiger partial charge in [-0.05, 0) is 50.6 Å². The van der Waals surface area contributed by atoms with E-state index in [1.54, 1.807) is 7.11 Å². The average molecular weight is 446 g/mol. The molecule has 150 valence electrons. The van der Waals surface area contributed by atoms with Crippen molar-refractivity contribution >= 4 is 44.3 Å². The highest BCUT2D eigenvalue weighted by molar-refractivity contribution is 9.10. The van der Waals surface area contributed by atoms with Crippen LogP contribution >= 0.6 is 15.9 Å². The number of nitrogens with one attached hydrogen (secondary N) is 1. The van der Waals surface area contributed by atoms with Crippen molar-refractivity contribution < 1.29 is 4.74 Å². The van der Waals surface area contributed by atoms with Gasteiger partial charge in [-0.15, -0.1) is 0 Å². The maximum Gasteiger partial charge on any atom is 0.208 e. The van der Waals surface area contributed by atoms with Crippen LogP contribution in [0.5, 0.6) is 5.75 Å². The summed E-state index contributed by atoms with van der Waals surface area (Å²) in [6, 6.07) is 10.6. The number of ether oxygens (including phenoxy) is 1. The second-order valence-electron chi connectivity index (χ2n) is 7.14. The molecule has 0 aliphatic rings. The van der Waals surface area contributed by atoms with E-state index in [9.17, 15) is 0 Å². The Morgan fingerprint density at radius 1 is 1.32 bits per heavy atom. The lowest BCUT2D eigenvalue weighted by Gasteiger charge is -2.29. The van der Waals surface area contributed by atoms with E-state index in [0.717, 1.165) is 50.7 Å². The number of hydrogen-bond donors (Lipinski definition) is 2. The Hall–Kier alpha value is -2.25. The van der Waals surface area contributed by atoms with Crippen LogP contribution in [0.2, 0.25) is 0 Å². The maximum atomic E-state index is 5.86. The minimum Gasteiger partial charge on any atom is -0.495 e. The molecule has 0 atom stereocenters. The molecule has 3 rings (SSSR count). The summed E-state index contributed by atoms with van der Waals surface area (Å²) in [7, 11) is 3.70. The van der Waals surface area contributed by atoms with Gasteiger partial charge in [-0.1, -0.05) is 22.0 Å². The molecule has 7 heteroatoms. The lowest BCUT2D eigenvalue weighted by Crippen LogP contribution is -2.35. The van der Waals surface area contributed by atoms with E-state index < -0.39 is 0 Å². The van der Waals surface area contributed by atoms with Crippen LogP contribution in [0, 0.1) is 6.92 Å². The van der Waals surface area contributed by atoms with Gasteiger partial charge in [-0.3, -0.25) is 0 Å². The molecule has 0 spiro atoms. The summed E-state index contributed by atoms with van der Waals surface area (Å²) in [5.41, 5.74) is 11.0. The van der Waals surface area contributed by atoms with E-state index in [0.29, 0.717) is 12.6 Å². The van der Waals surface area contributed by atoms with E-state index >= 15 is 0 Å². The molecule has 28 heavy (non-hydrogen) atoms. The zero-order chi connectivity index (χ0) is 20.4. The first-order valence-corrected chi connectivity index (χ1v) is 10.2. The fourth-order valence-corrected chi connectivity index (χ4v) is 4.08. The van der Waals surface area contributed by atoms with Gasteiger partial charge in [0.05, 0.1) is 29.5 Å². The summed E-state index contributed by atoms with van der Waals surface area (Å²) in [5, 5.41) is 3.47. The Kier molecular flexibility index (Phi) is 6.15. The molecule has 2 aromatic carbocycles. The first-order chi connectivity index (χ1) is 13.4. The Bertz CT molecular complexity index is 983. The quantitative estimate of drug-likeness (QED) is 0.557. The van der Waals surface area contributed by atoms with Gasteiger partial charge in [0, 0.05) is 30.7 Å². The molecule has 0 fully saturated rings. The number of aromatic nitrogens is 2. The lowest BCUT2D eigenvalue weighted by molar-refractivity contribution is 0.416. The summed E-state index contributed by atoms with van der Waals surface area (Å²) >= 11 is 3.53. The zero-order valence-electron chi connectivity index (χ0n) is 17.1. The third-order valence-corrected chi connectivity index (χ3v) is 5.35. The average Bonchev–Trinajstić information content (AvgIpc) is 2.97. The summed E-state index contributed by atoms with van der Waals surface area (Å²) in [6.45, 7) is 7.81. The fourth-order valence-electron chi connectivity index (χ4n) is 3.53. The van der Waals surface area contributed by atoms with E-state index in [1.165, 1.54) is 0 Å². The molecule has 1 heterocycles. The molecule has 6 nitrogen and oxygen atoms in total. The number of anilines is 3. The Labute approximate surface area is 174 Å². The van der Waals surface area contributed by atoms with Gasteiger partial charge in [0.15, 0.2) is 0 Å². The number of methoxy groups -OCH3 is 1. The van der Waals surface area contributed by atoms with Gasteiger partial charge in [0.1, 0.15) is 5.75 Å². The van der Waals surface area contributed by atoms with Crippen LogP contribution in [0.4, 0.5) is 17.3 Å². The number of fused-ring (bicyclic) bond motifs is 1. The number of nitrogens with two attached hydrogens (primary N) is 1. The normalized spacial score (nSPS) is 11.3. The van der Waals surface area contributed by atoms with Crippen molar-refractivity contribution in [1.29, 1.82) is 0 Å². The van der Waals surface area contributed by atoms with Crippen molar-refractivity contribution in [1.82, 2.24) is 9.55 Å². The Balaban J connectivity index is 2.11. The summed E-state index contributed by atoms with van der Waals surface area (Å²) in [4.78, 5) is 7.15. The minimum absolute atomic E-state index is 0.342. The van der Waals surface area contributed by atoms with Gasteiger partial charge in [0.25, 0.3) is 0 Å².